The van der Waals surface area contributed by atoms with Gasteiger partial charge in [-0.15, -0.1) is 0 Å². The second kappa shape index (κ2) is 5.27. The van der Waals surface area contributed by atoms with Gasteiger partial charge in [-0.25, -0.2) is 0 Å². The van der Waals surface area contributed by atoms with Crippen LogP contribution in [0.15, 0.2) is 0 Å². The molecule has 0 spiro atoms. The molecule has 1 aliphatic heterocycles. The van der Waals surface area contributed by atoms with E-state index < -0.39 is 17.6 Å². The Bertz CT molecular complexity index is 272. The van der Waals surface area contributed by atoms with E-state index in [9.17, 15) is 9.59 Å². The van der Waals surface area contributed by atoms with E-state index in [1.165, 1.54) is 0 Å². The molecule has 0 bridgehead atoms. The summed E-state index contributed by atoms with van der Waals surface area (Å²) in [6.45, 7) is 5.29. The first-order chi connectivity index (χ1) is 7.41. The van der Waals surface area contributed by atoms with E-state index >= 15 is 0 Å². The summed E-state index contributed by atoms with van der Waals surface area (Å²) < 4.78 is 5.30. The number of carbonyl (C=O) groups excluding carboxylic acids is 2. The number of amides is 2. The number of nitrogens with one attached hydrogen (secondary N) is 2. The number of hydrogen-bond donors (Lipinski definition) is 3. The van der Waals surface area contributed by atoms with Crippen molar-refractivity contribution in [3.8, 4) is 0 Å². The minimum atomic E-state index is -0.635. The summed E-state index contributed by atoms with van der Waals surface area (Å²) in [4.78, 5) is 22.6. The molecule has 0 saturated carbocycles. The van der Waals surface area contributed by atoms with Crippen LogP contribution in [0.5, 0.6) is 0 Å². The molecule has 0 aromatic heterocycles. The number of morpholine rings is 1. The molecule has 0 aromatic rings. The molecule has 2 amide bonds. The van der Waals surface area contributed by atoms with Gasteiger partial charge in [0.15, 0.2) is 0 Å². The van der Waals surface area contributed by atoms with Gasteiger partial charge in [-0.3, -0.25) is 9.59 Å². The lowest BCUT2D eigenvalue weighted by Gasteiger charge is -2.29. The van der Waals surface area contributed by atoms with Crippen LogP contribution in [-0.4, -0.2) is 43.2 Å². The van der Waals surface area contributed by atoms with Crippen molar-refractivity contribution >= 4 is 11.8 Å². The molecule has 92 valence electrons. The number of carbonyl (C=O) groups is 2. The van der Waals surface area contributed by atoms with Crippen molar-refractivity contribution in [3.05, 3.63) is 0 Å². The average Bonchev–Trinajstić information content (AvgIpc) is 2.16. The third kappa shape index (κ3) is 4.16. The summed E-state index contributed by atoms with van der Waals surface area (Å²) in [5, 5.41) is 5.82. The Morgan fingerprint density at radius 2 is 2.25 bits per heavy atom. The molecule has 0 aliphatic carbocycles. The summed E-state index contributed by atoms with van der Waals surface area (Å²) in [6, 6.07) is 0. The Balaban J connectivity index is 2.45. The maximum atomic E-state index is 11.8. The Labute approximate surface area is 94.9 Å². The molecular weight excluding hydrogens is 210 g/mol. The summed E-state index contributed by atoms with van der Waals surface area (Å²) >= 11 is 0. The average molecular weight is 229 g/mol. The van der Waals surface area contributed by atoms with Crippen LogP contribution in [0, 0.1) is 0 Å². The van der Waals surface area contributed by atoms with Gasteiger partial charge >= 0.3 is 0 Å². The van der Waals surface area contributed by atoms with Crippen LogP contribution in [0.3, 0.4) is 0 Å². The van der Waals surface area contributed by atoms with Crippen molar-refractivity contribution in [2.75, 3.05) is 19.7 Å². The van der Waals surface area contributed by atoms with Crippen molar-refractivity contribution < 1.29 is 14.3 Å². The maximum Gasteiger partial charge on any atom is 0.250 e. The van der Waals surface area contributed by atoms with Crippen molar-refractivity contribution in [2.24, 2.45) is 5.73 Å². The molecule has 1 saturated heterocycles. The fourth-order valence-corrected chi connectivity index (χ4v) is 1.63. The minimum absolute atomic E-state index is 0.110. The van der Waals surface area contributed by atoms with Crippen molar-refractivity contribution in [3.63, 3.8) is 0 Å². The molecule has 1 unspecified atom stereocenters. The van der Waals surface area contributed by atoms with Crippen molar-refractivity contribution in [2.45, 2.75) is 31.9 Å². The highest BCUT2D eigenvalue weighted by Crippen LogP contribution is 2.08. The third-order valence-electron chi connectivity index (χ3n) is 2.30. The highest BCUT2D eigenvalue weighted by atomic mass is 16.5. The molecule has 1 atom stereocenters. The predicted molar refractivity (Wildman–Crippen MR) is 58.6 cm³/mol. The molecule has 6 heteroatoms. The lowest BCUT2D eigenvalue weighted by Crippen LogP contribution is -2.54. The van der Waals surface area contributed by atoms with Gasteiger partial charge in [0, 0.05) is 25.0 Å². The largest absolute Gasteiger partial charge is 0.370 e. The summed E-state index contributed by atoms with van der Waals surface area (Å²) in [6.07, 6.45) is -0.375. The van der Waals surface area contributed by atoms with E-state index in [4.69, 9.17) is 10.5 Å². The summed E-state index contributed by atoms with van der Waals surface area (Å²) in [5.41, 5.74) is 4.46. The Morgan fingerprint density at radius 1 is 1.56 bits per heavy atom. The number of rotatable bonds is 4. The van der Waals surface area contributed by atoms with Crippen molar-refractivity contribution in [1.82, 2.24) is 10.6 Å². The monoisotopic (exact) mass is 229 g/mol. The zero-order valence-corrected chi connectivity index (χ0v) is 9.71. The summed E-state index contributed by atoms with van der Waals surface area (Å²) in [5.74, 6) is -0.647. The van der Waals surface area contributed by atoms with Gasteiger partial charge in [0.1, 0.15) is 6.10 Å². The third-order valence-corrected chi connectivity index (χ3v) is 2.30. The molecule has 6 nitrogen and oxygen atoms in total. The Hall–Kier alpha value is -1.14. The van der Waals surface area contributed by atoms with E-state index in [2.05, 4.69) is 10.6 Å². The first kappa shape index (κ1) is 12.9. The number of hydrogen-bond acceptors (Lipinski definition) is 4. The van der Waals surface area contributed by atoms with Crippen LogP contribution in [-0.2, 0) is 14.3 Å². The van der Waals surface area contributed by atoms with E-state index in [0.29, 0.717) is 13.2 Å². The topological polar surface area (TPSA) is 93.5 Å². The molecule has 16 heavy (non-hydrogen) atoms. The first-order valence-electron chi connectivity index (χ1n) is 5.33. The number of nitrogens with two attached hydrogens (primary N) is 1. The van der Waals surface area contributed by atoms with Gasteiger partial charge in [0.25, 0.3) is 5.91 Å². The molecular formula is C10H19N3O3. The molecule has 0 radical (unpaired) electrons. The molecule has 1 fully saturated rings. The maximum absolute atomic E-state index is 11.8. The number of primary amides is 1. The van der Waals surface area contributed by atoms with Crippen LogP contribution in [0.25, 0.3) is 0 Å². The van der Waals surface area contributed by atoms with E-state index in [0.717, 1.165) is 6.54 Å². The van der Waals surface area contributed by atoms with Crippen molar-refractivity contribution in [1.29, 1.82) is 0 Å². The quantitative estimate of drug-likeness (QED) is 0.561. The van der Waals surface area contributed by atoms with Gasteiger partial charge in [0.2, 0.25) is 5.91 Å². The Kier molecular flexibility index (Phi) is 4.26. The second-order valence-electron chi connectivity index (χ2n) is 4.58. The normalized spacial score (nSPS) is 21.5. The molecule has 0 aromatic carbocycles. The van der Waals surface area contributed by atoms with E-state index in [1.54, 1.807) is 13.8 Å². The van der Waals surface area contributed by atoms with Gasteiger partial charge in [-0.05, 0) is 13.8 Å². The summed E-state index contributed by atoms with van der Waals surface area (Å²) in [7, 11) is 0. The molecule has 1 aliphatic rings. The zero-order valence-electron chi connectivity index (χ0n) is 9.71. The van der Waals surface area contributed by atoms with Crippen LogP contribution < -0.4 is 16.4 Å². The first-order valence-corrected chi connectivity index (χ1v) is 5.33. The fraction of sp³-hybridized carbons (Fsp3) is 0.800. The zero-order chi connectivity index (χ0) is 12.2. The highest BCUT2D eigenvalue weighted by Gasteiger charge is 2.28. The molecule has 1 rings (SSSR count). The molecule has 4 N–H and O–H groups in total. The smallest absolute Gasteiger partial charge is 0.250 e. The lowest BCUT2D eigenvalue weighted by molar-refractivity contribution is -0.136. The predicted octanol–water partition coefficient (Wildman–Crippen LogP) is -1.25. The number of ether oxygens (including phenoxy) is 1. The van der Waals surface area contributed by atoms with Gasteiger partial charge in [-0.2, -0.15) is 0 Å². The molecule has 1 heterocycles. The van der Waals surface area contributed by atoms with Crippen LogP contribution in [0.2, 0.25) is 0 Å². The van der Waals surface area contributed by atoms with E-state index in [-0.39, 0.29) is 12.3 Å². The van der Waals surface area contributed by atoms with Gasteiger partial charge < -0.3 is 21.1 Å². The fourth-order valence-electron chi connectivity index (χ4n) is 1.63. The minimum Gasteiger partial charge on any atom is -0.370 e. The van der Waals surface area contributed by atoms with Gasteiger partial charge in [0.05, 0.1) is 6.61 Å². The van der Waals surface area contributed by atoms with E-state index in [1.807, 2.05) is 0 Å². The van der Waals surface area contributed by atoms with Gasteiger partial charge in [-0.1, -0.05) is 0 Å². The SMILES string of the molecule is CC(C)(CC(N)=O)NC(=O)C1CNCCO1. The standard InChI is InChI=1S/C10H19N3O3/c1-10(2,5-8(11)14)13-9(15)7-6-12-3-4-16-7/h7,12H,3-6H2,1-2H3,(H2,11,14)(H,13,15). The van der Waals surface area contributed by atoms with Crippen LogP contribution in [0.1, 0.15) is 20.3 Å². The highest BCUT2D eigenvalue weighted by molar-refractivity contribution is 5.83. The second-order valence-corrected chi connectivity index (χ2v) is 4.58. The lowest BCUT2D eigenvalue weighted by atomic mass is 10.00. The Morgan fingerprint density at radius 3 is 2.75 bits per heavy atom. The van der Waals surface area contributed by atoms with Crippen LogP contribution in [0.4, 0.5) is 0 Å². The van der Waals surface area contributed by atoms with Crippen LogP contribution >= 0.6 is 0 Å².